The van der Waals surface area contributed by atoms with E-state index in [1.165, 1.54) is 15.7 Å². The third-order valence-electron chi connectivity index (χ3n) is 6.37. The molecule has 1 amide bonds. The minimum Gasteiger partial charge on any atom is -0.497 e. The number of carbonyl (C=O) groups excluding carboxylic acids is 1. The van der Waals surface area contributed by atoms with Crippen molar-refractivity contribution in [3.8, 4) is 11.5 Å². The number of piperidine rings is 2. The van der Waals surface area contributed by atoms with Gasteiger partial charge in [-0.1, -0.05) is 0 Å². The maximum atomic E-state index is 13.3. The van der Waals surface area contributed by atoms with E-state index in [9.17, 15) is 13.2 Å². The van der Waals surface area contributed by atoms with Crippen LogP contribution in [-0.2, 0) is 24.5 Å². The van der Waals surface area contributed by atoms with E-state index >= 15 is 0 Å². The Bertz CT molecular complexity index is 923. The topological polar surface area (TPSA) is 107 Å². The summed E-state index contributed by atoms with van der Waals surface area (Å²) in [6, 6.07) is 5.14. The molecule has 3 aliphatic heterocycles. The van der Waals surface area contributed by atoms with Crippen LogP contribution in [0, 0.1) is 5.92 Å². The SMILES string of the molecule is COc1ccc(OC)c(NC(=O)C2CCCN(S(=O)(=O)N3CCC4(CC3)OCCO4)C2)c1. The highest BCUT2D eigenvalue weighted by Gasteiger charge is 2.44. The van der Waals surface area contributed by atoms with Crippen LogP contribution in [0.2, 0.25) is 0 Å². The molecule has 0 aliphatic carbocycles. The molecule has 3 aliphatic rings. The summed E-state index contributed by atoms with van der Waals surface area (Å²) in [4.78, 5) is 13.0. The fourth-order valence-electron chi connectivity index (χ4n) is 4.52. The highest BCUT2D eigenvalue weighted by Crippen LogP contribution is 2.34. The first-order chi connectivity index (χ1) is 15.4. The van der Waals surface area contributed by atoms with Crippen LogP contribution in [0.3, 0.4) is 0 Å². The standard InChI is InChI=1S/C21H31N3O7S/c1-28-17-5-6-19(29-2)18(14-17)22-20(25)16-4-3-9-24(15-16)32(26,27)23-10-7-21(8-11-23)30-12-13-31-21/h5-6,14,16H,3-4,7-13,15H2,1-2H3,(H,22,25). The van der Waals surface area contributed by atoms with Gasteiger partial charge in [-0.25, -0.2) is 0 Å². The quantitative estimate of drug-likeness (QED) is 0.672. The van der Waals surface area contributed by atoms with Crippen molar-refractivity contribution in [2.45, 2.75) is 31.5 Å². The van der Waals surface area contributed by atoms with Gasteiger partial charge in [0, 0.05) is 45.1 Å². The van der Waals surface area contributed by atoms with Crippen LogP contribution in [0.25, 0.3) is 0 Å². The van der Waals surface area contributed by atoms with E-state index in [2.05, 4.69) is 5.32 Å². The fourth-order valence-corrected chi connectivity index (χ4v) is 6.22. The summed E-state index contributed by atoms with van der Waals surface area (Å²) in [5, 5.41) is 2.88. The van der Waals surface area contributed by atoms with Gasteiger partial charge in [0.2, 0.25) is 5.91 Å². The van der Waals surface area contributed by atoms with Crippen molar-refractivity contribution in [2.75, 3.05) is 58.9 Å². The van der Waals surface area contributed by atoms with Gasteiger partial charge in [0.25, 0.3) is 10.2 Å². The smallest absolute Gasteiger partial charge is 0.282 e. The molecule has 1 atom stereocenters. The fraction of sp³-hybridized carbons (Fsp3) is 0.667. The number of benzene rings is 1. The van der Waals surface area contributed by atoms with E-state index in [-0.39, 0.29) is 12.5 Å². The summed E-state index contributed by atoms with van der Waals surface area (Å²) in [6.45, 7) is 2.34. The molecule has 4 rings (SSSR count). The van der Waals surface area contributed by atoms with Gasteiger partial charge in [0.1, 0.15) is 11.5 Å². The molecule has 0 saturated carbocycles. The zero-order valence-corrected chi connectivity index (χ0v) is 19.4. The van der Waals surface area contributed by atoms with Crippen LogP contribution in [0.15, 0.2) is 18.2 Å². The van der Waals surface area contributed by atoms with Gasteiger partial charge in [0.05, 0.1) is 39.0 Å². The van der Waals surface area contributed by atoms with Gasteiger partial charge in [-0.05, 0) is 25.0 Å². The van der Waals surface area contributed by atoms with E-state index in [4.69, 9.17) is 18.9 Å². The molecular weight excluding hydrogens is 438 g/mol. The van der Waals surface area contributed by atoms with Crippen molar-refractivity contribution in [3.63, 3.8) is 0 Å². The zero-order chi connectivity index (χ0) is 22.8. The molecular formula is C21H31N3O7S. The number of anilines is 1. The maximum Gasteiger partial charge on any atom is 0.282 e. The van der Waals surface area contributed by atoms with Crippen molar-refractivity contribution in [1.82, 2.24) is 8.61 Å². The van der Waals surface area contributed by atoms with E-state index < -0.39 is 21.9 Å². The first-order valence-corrected chi connectivity index (χ1v) is 12.3. The van der Waals surface area contributed by atoms with Crippen LogP contribution in [0.5, 0.6) is 11.5 Å². The minimum atomic E-state index is -3.66. The first-order valence-electron chi connectivity index (χ1n) is 10.9. The summed E-state index contributed by atoms with van der Waals surface area (Å²) in [7, 11) is -0.592. The number of hydrogen-bond acceptors (Lipinski definition) is 7. The largest absolute Gasteiger partial charge is 0.497 e. The number of carbonyl (C=O) groups is 1. The molecule has 0 radical (unpaired) electrons. The zero-order valence-electron chi connectivity index (χ0n) is 18.5. The molecule has 178 valence electrons. The summed E-state index contributed by atoms with van der Waals surface area (Å²) < 4.78 is 51.4. The maximum absolute atomic E-state index is 13.3. The summed E-state index contributed by atoms with van der Waals surface area (Å²) >= 11 is 0. The Morgan fingerprint density at radius 2 is 1.81 bits per heavy atom. The Hall–Kier alpha value is -1.92. The van der Waals surface area contributed by atoms with Crippen LogP contribution < -0.4 is 14.8 Å². The van der Waals surface area contributed by atoms with E-state index in [0.29, 0.717) is 75.7 Å². The normalized spacial score (nSPS) is 24.4. The second kappa shape index (κ2) is 9.52. The van der Waals surface area contributed by atoms with Gasteiger partial charge in [-0.15, -0.1) is 0 Å². The summed E-state index contributed by atoms with van der Waals surface area (Å²) in [5.41, 5.74) is 0.495. The molecule has 3 fully saturated rings. The average molecular weight is 470 g/mol. The predicted octanol–water partition coefficient (Wildman–Crippen LogP) is 1.44. The number of nitrogens with zero attached hydrogens (tertiary/aromatic N) is 2. The number of rotatable bonds is 6. The lowest BCUT2D eigenvalue weighted by Crippen LogP contribution is -2.54. The van der Waals surface area contributed by atoms with Crippen molar-refractivity contribution in [2.24, 2.45) is 5.92 Å². The Labute approximate surface area is 188 Å². The van der Waals surface area contributed by atoms with E-state index in [1.54, 1.807) is 25.3 Å². The monoisotopic (exact) mass is 469 g/mol. The number of methoxy groups -OCH3 is 2. The molecule has 11 heteroatoms. The average Bonchev–Trinajstić information content (AvgIpc) is 3.27. The summed E-state index contributed by atoms with van der Waals surface area (Å²) in [6.07, 6.45) is 2.27. The lowest BCUT2D eigenvalue weighted by Gasteiger charge is -2.40. The van der Waals surface area contributed by atoms with Crippen molar-refractivity contribution in [1.29, 1.82) is 0 Å². The van der Waals surface area contributed by atoms with Gasteiger partial charge < -0.3 is 24.3 Å². The number of ether oxygens (including phenoxy) is 4. The number of hydrogen-bond donors (Lipinski definition) is 1. The van der Waals surface area contributed by atoms with Crippen molar-refractivity contribution in [3.05, 3.63) is 18.2 Å². The molecule has 32 heavy (non-hydrogen) atoms. The highest BCUT2D eigenvalue weighted by atomic mass is 32.2. The van der Waals surface area contributed by atoms with Crippen LogP contribution >= 0.6 is 0 Å². The summed E-state index contributed by atoms with van der Waals surface area (Å²) in [5.74, 6) is -0.217. The van der Waals surface area contributed by atoms with Crippen LogP contribution in [-0.4, -0.2) is 82.3 Å². The van der Waals surface area contributed by atoms with Crippen molar-refractivity contribution >= 4 is 21.8 Å². The molecule has 1 spiro atoms. The van der Waals surface area contributed by atoms with Crippen LogP contribution in [0.1, 0.15) is 25.7 Å². The third-order valence-corrected chi connectivity index (χ3v) is 8.37. The van der Waals surface area contributed by atoms with E-state index in [0.717, 1.165) is 0 Å². The molecule has 1 aromatic rings. The molecule has 0 bridgehead atoms. The van der Waals surface area contributed by atoms with Crippen molar-refractivity contribution < 1.29 is 32.2 Å². The Morgan fingerprint density at radius 3 is 2.47 bits per heavy atom. The second-order valence-corrected chi connectivity index (χ2v) is 10.2. The van der Waals surface area contributed by atoms with Gasteiger partial charge in [-0.3, -0.25) is 4.79 Å². The lowest BCUT2D eigenvalue weighted by atomic mass is 9.98. The lowest BCUT2D eigenvalue weighted by molar-refractivity contribution is -0.179. The highest BCUT2D eigenvalue weighted by molar-refractivity contribution is 7.86. The molecule has 1 unspecified atom stereocenters. The molecule has 3 heterocycles. The molecule has 1 aromatic carbocycles. The minimum absolute atomic E-state index is 0.148. The number of amides is 1. The van der Waals surface area contributed by atoms with E-state index in [1.807, 2.05) is 0 Å². The Morgan fingerprint density at radius 1 is 1.09 bits per heavy atom. The predicted molar refractivity (Wildman–Crippen MR) is 117 cm³/mol. The van der Waals surface area contributed by atoms with Gasteiger partial charge >= 0.3 is 0 Å². The molecule has 10 nitrogen and oxygen atoms in total. The first kappa shape index (κ1) is 23.2. The number of nitrogens with one attached hydrogen (secondary N) is 1. The third kappa shape index (κ3) is 4.72. The molecule has 1 N–H and O–H groups in total. The van der Waals surface area contributed by atoms with Gasteiger partial charge in [-0.2, -0.15) is 17.0 Å². The molecule has 3 saturated heterocycles. The van der Waals surface area contributed by atoms with Gasteiger partial charge in [0.15, 0.2) is 5.79 Å². The van der Waals surface area contributed by atoms with Crippen LogP contribution in [0.4, 0.5) is 5.69 Å². The second-order valence-electron chi connectivity index (χ2n) is 8.27. The molecule has 0 aromatic heterocycles. The Kier molecular flexibility index (Phi) is 6.91. The Balaban J connectivity index is 1.40.